The molecule has 8 heteroatoms. The molecule has 3 aromatic carbocycles. The zero-order valence-corrected chi connectivity index (χ0v) is 16.5. The molecule has 156 valence electrons. The van der Waals surface area contributed by atoms with Gasteiger partial charge in [-0.15, -0.1) is 0 Å². The Bertz CT molecular complexity index is 1330. The summed E-state index contributed by atoms with van der Waals surface area (Å²) in [4.78, 5) is 18.8. The molecule has 0 radical (unpaired) electrons. The number of hydrogen-bond acceptors (Lipinski definition) is 5. The van der Waals surface area contributed by atoms with Crippen LogP contribution in [0.15, 0.2) is 54.6 Å². The summed E-state index contributed by atoms with van der Waals surface area (Å²) in [5.41, 5.74) is 16.3. The number of phenolic OH excluding ortho intramolecular Hbond substituents is 1. The number of nitrogen functional groups attached to an aromatic ring is 2. The number of fused-ring (bicyclic) bond motifs is 1. The monoisotopic (exact) mass is 415 g/mol. The van der Waals surface area contributed by atoms with Gasteiger partial charge in [-0.2, -0.15) is 0 Å². The van der Waals surface area contributed by atoms with Crippen molar-refractivity contribution in [2.24, 2.45) is 5.73 Å². The number of phenols is 1. The summed E-state index contributed by atoms with van der Waals surface area (Å²) in [6.07, 6.45) is 0.259. The number of carboxylic acids is 1. The number of H-pyrrole nitrogens is 1. The first-order valence-corrected chi connectivity index (χ1v) is 9.60. The first-order chi connectivity index (χ1) is 14.8. The van der Waals surface area contributed by atoms with E-state index in [1.54, 1.807) is 48.5 Å². The Kier molecular flexibility index (Phi) is 5.04. The molecule has 8 nitrogen and oxygen atoms in total. The van der Waals surface area contributed by atoms with Gasteiger partial charge in [-0.25, -0.2) is 4.98 Å². The third kappa shape index (κ3) is 4.04. The van der Waals surface area contributed by atoms with Crippen LogP contribution in [-0.4, -0.2) is 32.0 Å². The predicted molar refractivity (Wildman–Crippen MR) is 120 cm³/mol. The number of anilines is 1. The molecule has 0 bridgehead atoms. The van der Waals surface area contributed by atoms with E-state index in [4.69, 9.17) is 22.0 Å². The lowest BCUT2D eigenvalue weighted by atomic mass is 9.95. The number of nitrogens with one attached hydrogen (secondary N) is 2. The topological polar surface area (TPSA) is 162 Å². The van der Waals surface area contributed by atoms with E-state index >= 15 is 0 Å². The van der Waals surface area contributed by atoms with Crippen LogP contribution in [0.5, 0.6) is 5.75 Å². The fourth-order valence-corrected chi connectivity index (χ4v) is 3.50. The quantitative estimate of drug-likeness (QED) is 0.160. The van der Waals surface area contributed by atoms with Crippen LogP contribution in [0.4, 0.5) is 5.69 Å². The molecule has 0 saturated carbocycles. The Morgan fingerprint density at radius 1 is 1.10 bits per heavy atom. The molecule has 8 N–H and O–H groups in total. The van der Waals surface area contributed by atoms with E-state index in [1.165, 1.54) is 0 Å². The van der Waals surface area contributed by atoms with Gasteiger partial charge in [0.15, 0.2) is 0 Å². The highest BCUT2D eigenvalue weighted by molar-refractivity contribution is 5.98. The summed E-state index contributed by atoms with van der Waals surface area (Å²) in [6, 6.07) is 15.8. The second-order valence-corrected chi connectivity index (χ2v) is 7.29. The lowest BCUT2D eigenvalue weighted by Gasteiger charge is -2.12. The van der Waals surface area contributed by atoms with Crippen LogP contribution < -0.4 is 11.5 Å². The summed E-state index contributed by atoms with van der Waals surface area (Å²) in [6.45, 7) is 0. The normalized spacial score (nSPS) is 11.0. The number of aromatic nitrogens is 2. The summed E-state index contributed by atoms with van der Waals surface area (Å²) < 4.78 is 0. The second kappa shape index (κ2) is 7.83. The lowest BCUT2D eigenvalue weighted by molar-refractivity contribution is -0.136. The molecule has 0 unspecified atom stereocenters. The number of nitrogens with zero attached hydrogens (tertiary/aromatic N) is 1. The van der Waals surface area contributed by atoms with E-state index in [9.17, 15) is 9.90 Å². The maximum Gasteiger partial charge on any atom is 0.303 e. The fraction of sp³-hybridized carbons (Fsp3) is 0.0870. The molecule has 31 heavy (non-hydrogen) atoms. The number of carboxylic acid groups (broad SMARTS) is 1. The smallest absolute Gasteiger partial charge is 0.303 e. The largest absolute Gasteiger partial charge is 0.507 e. The van der Waals surface area contributed by atoms with E-state index in [-0.39, 0.29) is 18.0 Å². The van der Waals surface area contributed by atoms with Crippen molar-refractivity contribution in [1.82, 2.24) is 9.97 Å². The molecule has 1 aromatic heterocycles. The maximum atomic E-state index is 11.1. The number of benzene rings is 3. The number of carbonyl (C=O) groups is 1. The molecule has 0 atom stereocenters. The summed E-state index contributed by atoms with van der Waals surface area (Å²) in [7, 11) is 0. The highest BCUT2D eigenvalue weighted by Crippen LogP contribution is 2.39. The van der Waals surface area contributed by atoms with Crippen molar-refractivity contribution in [3.05, 3.63) is 65.7 Å². The van der Waals surface area contributed by atoms with E-state index in [1.807, 2.05) is 6.07 Å². The van der Waals surface area contributed by atoms with Gasteiger partial charge in [0.05, 0.1) is 16.6 Å². The Balaban J connectivity index is 1.88. The van der Waals surface area contributed by atoms with Gasteiger partial charge in [0, 0.05) is 23.2 Å². The standard InChI is InChI=1S/C23H21N5O3/c24-15-3-1-2-13(10-15)16-8-12(4-7-20(29)30)9-17(21(16)31)23-27-18-6-5-14(22(25)26)11-19(18)28-23/h1-3,5-6,8-11,31H,4,7,24H2,(H3,25,26)(H,27,28)(H,29,30). The van der Waals surface area contributed by atoms with Gasteiger partial charge in [0.25, 0.3) is 0 Å². The van der Waals surface area contributed by atoms with E-state index in [0.717, 1.165) is 11.1 Å². The average molecular weight is 415 g/mol. The van der Waals surface area contributed by atoms with Gasteiger partial charge < -0.3 is 26.7 Å². The van der Waals surface area contributed by atoms with Crippen LogP contribution in [0, 0.1) is 5.41 Å². The minimum absolute atomic E-state index is 0.00974. The minimum atomic E-state index is -0.902. The van der Waals surface area contributed by atoms with Crippen LogP contribution in [0.25, 0.3) is 33.5 Å². The van der Waals surface area contributed by atoms with E-state index < -0.39 is 5.97 Å². The maximum absolute atomic E-state index is 11.1. The third-order valence-electron chi connectivity index (χ3n) is 5.04. The van der Waals surface area contributed by atoms with Crippen LogP contribution in [0.2, 0.25) is 0 Å². The molecular weight excluding hydrogens is 394 g/mol. The SMILES string of the molecule is N=C(N)c1ccc2[nH]c(-c3cc(CCC(=O)O)cc(-c4cccc(N)c4)c3O)nc2c1. The van der Waals surface area contributed by atoms with Crippen LogP contribution in [-0.2, 0) is 11.2 Å². The Morgan fingerprint density at radius 2 is 1.87 bits per heavy atom. The number of amidine groups is 1. The molecule has 0 aliphatic heterocycles. The molecule has 4 rings (SSSR count). The van der Waals surface area contributed by atoms with Crippen molar-refractivity contribution in [3.63, 3.8) is 0 Å². The summed E-state index contributed by atoms with van der Waals surface area (Å²) in [5, 5.41) is 27.8. The van der Waals surface area contributed by atoms with Crippen molar-refractivity contribution in [2.45, 2.75) is 12.8 Å². The molecule has 0 fully saturated rings. The number of imidazole rings is 1. The van der Waals surface area contributed by atoms with Gasteiger partial charge in [-0.1, -0.05) is 12.1 Å². The van der Waals surface area contributed by atoms with E-state index in [0.29, 0.717) is 45.7 Å². The molecule has 0 saturated heterocycles. The Morgan fingerprint density at radius 3 is 2.58 bits per heavy atom. The predicted octanol–water partition coefficient (Wildman–Crippen LogP) is 3.49. The lowest BCUT2D eigenvalue weighted by Crippen LogP contribution is -2.10. The van der Waals surface area contributed by atoms with Gasteiger partial charge >= 0.3 is 5.97 Å². The van der Waals surface area contributed by atoms with Gasteiger partial charge in [-0.05, 0) is 60.0 Å². The van der Waals surface area contributed by atoms with Crippen LogP contribution in [0.1, 0.15) is 17.5 Å². The summed E-state index contributed by atoms with van der Waals surface area (Å²) in [5.74, 6) is -0.527. The van der Waals surface area contributed by atoms with E-state index in [2.05, 4.69) is 9.97 Å². The molecule has 0 aliphatic rings. The number of nitrogens with two attached hydrogens (primary N) is 2. The molecule has 4 aromatic rings. The van der Waals surface area contributed by atoms with Crippen molar-refractivity contribution in [3.8, 4) is 28.3 Å². The first-order valence-electron chi connectivity index (χ1n) is 9.60. The molecule has 0 aliphatic carbocycles. The average Bonchev–Trinajstić information content (AvgIpc) is 3.16. The number of aryl methyl sites for hydroxylation is 1. The zero-order valence-electron chi connectivity index (χ0n) is 16.5. The first kappa shape index (κ1) is 20.0. The van der Waals surface area contributed by atoms with Crippen molar-refractivity contribution in [1.29, 1.82) is 5.41 Å². The number of aromatic hydroxyl groups is 1. The highest BCUT2D eigenvalue weighted by atomic mass is 16.4. The molecule has 0 amide bonds. The summed E-state index contributed by atoms with van der Waals surface area (Å²) >= 11 is 0. The third-order valence-corrected chi connectivity index (χ3v) is 5.04. The molecular formula is C23H21N5O3. The van der Waals surface area contributed by atoms with Crippen LogP contribution in [0.3, 0.4) is 0 Å². The number of rotatable bonds is 6. The zero-order chi connectivity index (χ0) is 22.1. The van der Waals surface area contributed by atoms with Crippen molar-refractivity contribution in [2.75, 3.05) is 5.73 Å². The Labute approximate surface area is 177 Å². The number of aromatic amines is 1. The van der Waals surface area contributed by atoms with Crippen LogP contribution >= 0.6 is 0 Å². The molecule has 0 spiro atoms. The van der Waals surface area contributed by atoms with Gasteiger partial charge in [-0.3, -0.25) is 10.2 Å². The van der Waals surface area contributed by atoms with Crippen molar-refractivity contribution >= 4 is 28.5 Å². The number of hydrogen-bond donors (Lipinski definition) is 6. The highest BCUT2D eigenvalue weighted by Gasteiger charge is 2.17. The molecule has 1 heterocycles. The second-order valence-electron chi connectivity index (χ2n) is 7.29. The minimum Gasteiger partial charge on any atom is -0.507 e. The number of aliphatic carboxylic acids is 1. The fourth-order valence-electron chi connectivity index (χ4n) is 3.50. The van der Waals surface area contributed by atoms with Gasteiger partial charge in [0.2, 0.25) is 0 Å². The van der Waals surface area contributed by atoms with Crippen molar-refractivity contribution < 1.29 is 15.0 Å². The van der Waals surface area contributed by atoms with Gasteiger partial charge in [0.1, 0.15) is 17.4 Å². The Hall–Kier alpha value is -4.33.